The minimum atomic E-state index is -0.451. The maximum Gasteiger partial charge on any atom is 0.278 e. The van der Waals surface area contributed by atoms with Gasteiger partial charge in [0.1, 0.15) is 5.70 Å². The summed E-state index contributed by atoms with van der Waals surface area (Å²) in [5.74, 6) is -0.897. The fourth-order valence-corrected chi connectivity index (χ4v) is 3.76. The van der Waals surface area contributed by atoms with Crippen molar-refractivity contribution < 1.29 is 14.3 Å². The molecule has 2 aromatic rings. The van der Waals surface area contributed by atoms with Crippen molar-refractivity contribution in [2.24, 2.45) is 0 Å². The van der Waals surface area contributed by atoms with E-state index < -0.39 is 11.8 Å². The molecule has 5 nitrogen and oxygen atoms in total. The van der Waals surface area contributed by atoms with Crippen LogP contribution in [0.4, 0.5) is 5.69 Å². The van der Waals surface area contributed by atoms with Gasteiger partial charge in [-0.05, 0) is 50.6 Å². The van der Waals surface area contributed by atoms with Crippen LogP contribution in [0.25, 0.3) is 5.57 Å². The zero-order valence-electron chi connectivity index (χ0n) is 16.8. The van der Waals surface area contributed by atoms with Crippen LogP contribution in [0.3, 0.4) is 0 Å². The number of aryl methyl sites for hydroxylation is 1. The van der Waals surface area contributed by atoms with Gasteiger partial charge in [-0.25, -0.2) is 0 Å². The third-order valence-corrected chi connectivity index (χ3v) is 5.38. The van der Waals surface area contributed by atoms with Gasteiger partial charge < -0.3 is 10.1 Å². The molecule has 30 heavy (non-hydrogen) atoms. The Morgan fingerprint density at radius 3 is 2.33 bits per heavy atom. The summed E-state index contributed by atoms with van der Waals surface area (Å²) in [6.07, 6.45) is -0.0114. The van der Waals surface area contributed by atoms with E-state index in [-0.39, 0.29) is 35.5 Å². The molecule has 0 aromatic heterocycles. The molecule has 8 heteroatoms. The maximum absolute atomic E-state index is 13.2. The van der Waals surface area contributed by atoms with E-state index >= 15 is 0 Å². The molecule has 0 radical (unpaired) electrons. The van der Waals surface area contributed by atoms with Crippen LogP contribution in [0, 0.1) is 6.92 Å². The summed E-state index contributed by atoms with van der Waals surface area (Å²) in [7, 11) is 0. The third-order valence-electron chi connectivity index (χ3n) is 4.59. The molecule has 3 rings (SSSR count). The number of hydrogen-bond acceptors (Lipinski definition) is 4. The van der Waals surface area contributed by atoms with E-state index in [0.717, 1.165) is 10.5 Å². The summed E-state index contributed by atoms with van der Waals surface area (Å²) in [5.41, 5.74) is 2.25. The Balaban J connectivity index is 2.05. The molecule has 0 aliphatic carbocycles. The van der Waals surface area contributed by atoms with Gasteiger partial charge in [0.15, 0.2) is 0 Å². The second-order valence-corrected chi connectivity index (χ2v) is 8.42. The number of nitrogens with one attached hydrogen (secondary N) is 1. The van der Waals surface area contributed by atoms with Gasteiger partial charge in [-0.2, -0.15) is 0 Å². The van der Waals surface area contributed by atoms with Crippen LogP contribution in [-0.2, 0) is 14.3 Å². The van der Waals surface area contributed by atoms with Crippen LogP contribution < -0.4 is 5.32 Å². The van der Waals surface area contributed by atoms with E-state index in [4.69, 9.17) is 39.5 Å². The first-order valence-electron chi connectivity index (χ1n) is 9.39. The highest BCUT2D eigenvalue weighted by atomic mass is 35.5. The molecule has 0 saturated heterocycles. The monoisotopic (exact) mass is 466 g/mol. The molecule has 0 saturated carbocycles. The second kappa shape index (κ2) is 9.40. The predicted octanol–water partition coefficient (Wildman–Crippen LogP) is 5.57. The lowest BCUT2D eigenvalue weighted by atomic mass is 10.0. The average Bonchev–Trinajstić information content (AvgIpc) is 2.89. The van der Waals surface area contributed by atoms with E-state index in [9.17, 15) is 9.59 Å². The van der Waals surface area contributed by atoms with Crippen LogP contribution in [-0.4, -0.2) is 36.0 Å². The minimum Gasteiger partial charge on any atom is -0.377 e. The van der Waals surface area contributed by atoms with Crippen molar-refractivity contribution in [3.8, 4) is 0 Å². The van der Waals surface area contributed by atoms with Crippen LogP contribution in [0.5, 0.6) is 0 Å². The van der Waals surface area contributed by atoms with E-state index in [1.54, 1.807) is 24.3 Å². The van der Waals surface area contributed by atoms with Crippen molar-refractivity contribution in [3.63, 3.8) is 0 Å². The van der Waals surface area contributed by atoms with Crippen LogP contribution in [0.1, 0.15) is 25.0 Å². The fraction of sp³-hybridized carbons (Fsp3) is 0.273. The molecule has 0 atom stereocenters. The highest BCUT2D eigenvalue weighted by Gasteiger charge is 2.40. The molecular weight excluding hydrogens is 447 g/mol. The lowest BCUT2D eigenvalue weighted by Gasteiger charge is -2.17. The summed E-state index contributed by atoms with van der Waals surface area (Å²) < 4.78 is 5.52. The van der Waals surface area contributed by atoms with Gasteiger partial charge in [-0.1, -0.05) is 46.9 Å². The van der Waals surface area contributed by atoms with Crippen LogP contribution >= 0.6 is 34.8 Å². The smallest absolute Gasteiger partial charge is 0.278 e. The van der Waals surface area contributed by atoms with Crippen molar-refractivity contribution >= 4 is 57.9 Å². The zero-order valence-corrected chi connectivity index (χ0v) is 19.0. The SMILES string of the molecule is Cc1ccc(Cl)cc1NC1=C(c2ccc(Cl)cc2Cl)C(=O)N(CCOC(C)C)C1=O. The number of halogens is 3. The number of hydrogen-bond donors (Lipinski definition) is 1. The molecule has 1 aliphatic heterocycles. The van der Waals surface area contributed by atoms with Gasteiger partial charge in [-0.15, -0.1) is 0 Å². The first-order chi connectivity index (χ1) is 14.2. The Hall–Kier alpha value is -2.05. The quantitative estimate of drug-likeness (QED) is 0.541. The number of nitrogens with zero attached hydrogens (tertiary/aromatic N) is 1. The second-order valence-electron chi connectivity index (χ2n) is 7.14. The highest BCUT2D eigenvalue weighted by molar-refractivity contribution is 6.41. The van der Waals surface area contributed by atoms with E-state index in [1.807, 2.05) is 26.8 Å². The number of ether oxygens (including phenoxy) is 1. The van der Waals surface area contributed by atoms with Crippen LogP contribution in [0.2, 0.25) is 15.1 Å². The molecule has 0 fully saturated rings. The van der Waals surface area contributed by atoms with Crippen molar-refractivity contribution in [2.45, 2.75) is 26.9 Å². The van der Waals surface area contributed by atoms with Gasteiger partial charge in [0, 0.05) is 21.3 Å². The van der Waals surface area contributed by atoms with Crippen molar-refractivity contribution in [1.82, 2.24) is 4.90 Å². The maximum atomic E-state index is 13.2. The number of amides is 2. The topological polar surface area (TPSA) is 58.6 Å². The van der Waals surface area contributed by atoms with Gasteiger partial charge in [-0.3, -0.25) is 14.5 Å². The zero-order chi connectivity index (χ0) is 22.0. The number of benzene rings is 2. The molecule has 1 aliphatic rings. The first-order valence-corrected chi connectivity index (χ1v) is 10.5. The molecule has 2 aromatic carbocycles. The van der Waals surface area contributed by atoms with Gasteiger partial charge >= 0.3 is 0 Å². The summed E-state index contributed by atoms with van der Waals surface area (Å²) in [5, 5.41) is 4.32. The Labute approximate surface area is 190 Å². The van der Waals surface area contributed by atoms with Crippen molar-refractivity contribution in [3.05, 3.63) is 68.3 Å². The molecule has 1 heterocycles. The van der Waals surface area contributed by atoms with Gasteiger partial charge in [0.05, 0.1) is 29.9 Å². The van der Waals surface area contributed by atoms with E-state index in [0.29, 0.717) is 21.3 Å². The fourth-order valence-electron chi connectivity index (χ4n) is 3.08. The molecular formula is C22H21Cl3N2O3. The Bertz CT molecular complexity index is 1030. The number of carbonyl (C=O) groups excluding carboxylic acids is 2. The lowest BCUT2D eigenvalue weighted by Crippen LogP contribution is -2.35. The first kappa shape index (κ1) is 22.6. The van der Waals surface area contributed by atoms with Gasteiger partial charge in [0.2, 0.25) is 0 Å². The number of anilines is 1. The standard InChI is InChI=1S/C22H21Cl3N2O3/c1-12(2)30-9-8-27-21(28)19(16-7-6-14(23)10-17(16)25)20(22(27)29)26-18-11-15(24)5-4-13(18)3/h4-7,10-12,26H,8-9H2,1-3H3. The molecule has 158 valence electrons. The predicted molar refractivity (Wildman–Crippen MR) is 121 cm³/mol. The van der Waals surface area contributed by atoms with E-state index in [2.05, 4.69) is 5.32 Å². The largest absolute Gasteiger partial charge is 0.377 e. The molecule has 1 N–H and O–H groups in total. The van der Waals surface area contributed by atoms with Gasteiger partial charge in [0.25, 0.3) is 11.8 Å². The minimum absolute atomic E-state index is 0.0114. The Kier molecular flexibility index (Phi) is 7.09. The third kappa shape index (κ3) is 4.81. The van der Waals surface area contributed by atoms with Crippen LogP contribution in [0.15, 0.2) is 42.1 Å². The number of imide groups is 1. The molecule has 2 amide bonds. The number of carbonyl (C=O) groups is 2. The molecule has 0 spiro atoms. The van der Waals surface area contributed by atoms with Crippen molar-refractivity contribution in [1.29, 1.82) is 0 Å². The summed E-state index contributed by atoms with van der Waals surface area (Å²) in [6, 6.07) is 10.1. The average molecular weight is 468 g/mol. The molecule has 0 unspecified atom stereocenters. The van der Waals surface area contributed by atoms with Crippen molar-refractivity contribution in [2.75, 3.05) is 18.5 Å². The summed E-state index contributed by atoms with van der Waals surface area (Å²) >= 11 is 18.5. The Morgan fingerprint density at radius 1 is 1.00 bits per heavy atom. The Morgan fingerprint density at radius 2 is 1.67 bits per heavy atom. The summed E-state index contributed by atoms with van der Waals surface area (Å²) in [4.78, 5) is 27.6. The molecule has 0 bridgehead atoms. The van der Waals surface area contributed by atoms with E-state index in [1.165, 1.54) is 6.07 Å². The normalized spacial score (nSPS) is 14.3. The lowest BCUT2D eigenvalue weighted by molar-refractivity contribution is -0.137. The number of rotatable bonds is 7. The highest BCUT2D eigenvalue weighted by Crippen LogP contribution is 2.36. The summed E-state index contributed by atoms with van der Waals surface area (Å²) in [6.45, 7) is 6.02.